The van der Waals surface area contributed by atoms with Gasteiger partial charge < -0.3 is 44.5 Å². The van der Waals surface area contributed by atoms with Gasteiger partial charge >= 0.3 is 11.9 Å². The zero-order valence-corrected chi connectivity index (χ0v) is 14.9. The van der Waals surface area contributed by atoms with Crippen molar-refractivity contribution in [2.75, 3.05) is 14.2 Å². The first-order chi connectivity index (χ1) is 13.2. The van der Waals surface area contributed by atoms with Gasteiger partial charge in [0.25, 0.3) is 0 Å². The number of aliphatic hydroxyl groups is 3. The Bertz CT molecular complexity index is 734. The van der Waals surface area contributed by atoms with Crippen molar-refractivity contribution in [1.29, 1.82) is 0 Å². The molecule has 154 valence electrons. The van der Waals surface area contributed by atoms with Crippen LogP contribution in [0.5, 0.6) is 17.2 Å². The molecule has 0 amide bonds. The molecule has 5 unspecified atom stereocenters. The maximum atomic E-state index is 11.2. The molecule has 1 aromatic carbocycles. The number of benzene rings is 1. The number of hydrogen-bond donors (Lipinski definition) is 5. The molecule has 5 N–H and O–H groups in total. The molecule has 0 aromatic heterocycles. The van der Waals surface area contributed by atoms with Crippen molar-refractivity contribution in [3.63, 3.8) is 0 Å². The van der Waals surface area contributed by atoms with E-state index in [0.717, 1.165) is 6.08 Å². The Hall–Kier alpha value is -2.86. The van der Waals surface area contributed by atoms with Crippen LogP contribution in [0, 0.1) is 0 Å². The highest BCUT2D eigenvalue weighted by molar-refractivity contribution is 5.85. The van der Waals surface area contributed by atoms with Crippen LogP contribution in [0.2, 0.25) is 0 Å². The van der Waals surface area contributed by atoms with Gasteiger partial charge in [0, 0.05) is 6.08 Å². The van der Waals surface area contributed by atoms with Crippen molar-refractivity contribution in [3.05, 3.63) is 23.8 Å². The minimum Gasteiger partial charge on any atom is -0.493 e. The average molecular weight is 400 g/mol. The molecule has 1 heterocycles. The second-order valence-corrected chi connectivity index (χ2v) is 5.78. The highest BCUT2D eigenvalue weighted by Gasteiger charge is 2.48. The van der Waals surface area contributed by atoms with Crippen molar-refractivity contribution < 1.29 is 54.1 Å². The smallest absolute Gasteiger partial charge is 0.335 e. The second kappa shape index (κ2) is 8.89. The quantitative estimate of drug-likeness (QED) is 0.358. The van der Waals surface area contributed by atoms with Crippen LogP contribution in [0.15, 0.2) is 18.2 Å². The van der Waals surface area contributed by atoms with E-state index in [-0.39, 0.29) is 17.2 Å². The minimum atomic E-state index is -1.86. The van der Waals surface area contributed by atoms with Gasteiger partial charge in [-0.15, -0.1) is 0 Å². The lowest BCUT2D eigenvalue weighted by molar-refractivity contribution is -0.271. The number of carboxylic acid groups (broad SMARTS) is 2. The summed E-state index contributed by atoms with van der Waals surface area (Å²) in [5.41, 5.74) is 0.396. The number of ether oxygens (including phenoxy) is 4. The third kappa shape index (κ3) is 4.51. The predicted octanol–water partition coefficient (Wildman–Crippen LogP) is -0.927. The molecule has 1 aromatic rings. The van der Waals surface area contributed by atoms with E-state index in [4.69, 9.17) is 29.2 Å². The molecule has 0 saturated carbocycles. The summed E-state index contributed by atoms with van der Waals surface area (Å²) in [6.45, 7) is 0. The standard InChI is InChI=1S/C17H20O11/c1-25-8-5-7(3-4-10(18)19)6-9(26-2)14(8)27-17-13(22)11(20)12(21)15(28-17)16(23)24/h3-6,11-13,15,17,20-22H,1-2H3,(H,18,19)(H,23,24). The highest BCUT2D eigenvalue weighted by atomic mass is 16.7. The minimum absolute atomic E-state index is 0.0627. The number of methoxy groups -OCH3 is 2. The zero-order chi connectivity index (χ0) is 21.0. The first kappa shape index (κ1) is 21.4. The first-order valence-electron chi connectivity index (χ1n) is 7.95. The maximum Gasteiger partial charge on any atom is 0.335 e. The molecule has 1 aliphatic rings. The SMILES string of the molecule is COc1cc(C=CC(=O)O)cc(OC)c1OC1OC(C(=O)O)C(O)C(O)C1O. The van der Waals surface area contributed by atoms with E-state index in [9.17, 15) is 24.9 Å². The van der Waals surface area contributed by atoms with E-state index >= 15 is 0 Å². The lowest BCUT2D eigenvalue weighted by atomic mass is 9.99. The van der Waals surface area contributed by atoms with Crippen LogP contribution in [0.1, 0.15) is 5.56 Å². The third-order valence-electron chi connectivity index (χ3n) is 3.95. The summed E-state index contributed by atoms with van der Waals surface area (Å²) >= 11 is 0. The van der Waals surface area contributed by atoms with Gasteiger partial charge in [0.1, 0.15) is 18.3 Å². The summed E-state index contributed by atoms with van der Waals surface area (Å²) in [6.07, 6.45) is -6.79. The fraction of sp³-hybridized carbons (Fsp3) is 0.412. The fourth-order valence-corrected chi connectivity index (χ4v) is 2.55. The van der Waals surface area contributed by atoms with E-state index in [1.807, 2.05) is 0 Å². The van der Waals surface area contributed by atoms with Crippen LogP contribution in [-0.4, -0.2) is 82.4 Å². The third-order valence-corrected chi connectivity index (χ3v) is 3.95. The summed E-state index contributed by atoms with van der Waals surface area (Å²) in [6, 6.07) is 2.82. The molecule has 2 rings (SSSR count). The number of carboxylic acids is 2. The van der Waals surface area contributed by atoms with Crippen molar-refractivity contribution in [2.24, 2.45) is 0 Å². The van der Waals surface area contributed by atoms with Gasteiger partial charge in [-0.3, -0.25) is 0 Å². The lowest BCUT2D eigenvalue weighted by Crippen LogP contribution is -2.61. The lowest BCUT2D eigenvalue weighted by Gasteiger charge is -2.38. The predicted molar refractivity (Wildman–Crippen MR) is 91.2 cm³/mol. The molecule has 1 fully saturated rings. The Morgan fingerprint density at radius 1 is 1.00 bits per heavy atom. The largest absolute Gasteiger partial charge is 0.493 e. The van der Waals surface area contributed by atoms with Crippen molar-refractivity contribution in [3.8, 4) is 17.2 Å². The van der Waals surface area contributed by atoms with Gasteiger partial charge in [0.15, 0.2) is 17.6 Å². The van der Waals surface area contributed by atoms with Gasteiger partial charge in [0.2, 0.25) is 12.0 Å². The Balaban J connectivity index is 2.38. The Morgan fingerprint density at radius 3 is 2.04 bits per heavy atom. The summed E-state index contributed by atoms with van der Waals surface area (Å²) in [4.78, 5) is 21.9. The van der Waals surface area contributed by atoms with Gasteiger partial charge in [-0.25, -0.2) is 9.59 Å². The van der Waals surface area contributed by atoms with Crippen LogP contribution in [0.4, 0.5) is 0 Å². The Kier molecular flexibility index (Phi) is 6.80. The molecule has 11 nitrogen and oxygen atoms in total. The average Bonchev–Trinajstić information content (AvgIpc) is 2.66. The number of carbonyl (C=O) groups is 2. The molecule has 1 saturated heterocycles. The van der Waals surface area contributed by atoms with E-state index < -0.39 is 42.6 Å². The van der Waals surface area contributed by atoms with Crippen molar-refractivity contribution in [2.45, 2.75) is 30.7 Å². The van der Waals surface area contributed by atoms with Gasteiger partial charge in [-0.1, -0.05) is 0 Å². The van der Waals surface area contributed by atoms with E-state index in [2.05, 4.69) is 0 Å². The zero-order valence-electron chi connectivity index (χ0n) is 14.9. The number of hydrogen-bond acceptors (Lipinski definition) is 9. The van der Waals surface area contributed by atoms with E-state index in [0.29, 0.717) is 5.56 Å². The topological polar surface area (TPSA) is 172 Å². The summed E-state index contributed by atoms with van der Waals surface area (Å²) < 4.78 is 20.9. The molecule has 11 heteroatoms. The molecular weight excluding hydrogens is 380 g/mol. The van der Waals surface area contributed by atoms with Crippen LogP contribution < -0.4 is 14.2 Å². The van der Waals surface area contributed by atoms with Gasteiger partial charge in [0.05, 0.1) is 14.2 Å². The normalized spacial score (nSPS) is 27.4. The molecule has 28 heavy (non-hydrogen) atoms. The number of aliphatic carboxylic acids is 2. The number of aliphatic hydroxyl groups excluding tert-OH is 3. The molecule has 1 aliphatic heterocycles. The highest BCUT2D eigenvalue weighted by Crippen LogP contribution is 2.40. The molecule has 0 bridgehead atoms. The monoisotopic (exact) mass is 400 g/mol. The van der Waals surface area contributed by atoms with Crippen LogP contribution in [0.3, 0.4) is 0 Å². The van der Waals surface area contributed by atoms with E-state index in [1.54, 1.807) is 0 Å². The molecular formula is C17H20O11. The van der Waals surface area contributed by atoms with Gasteiger partial charge in [-0.05, 0) is 23.8 Å². The second-order valence-electron chi connectivity index (χ2n) is 5.78. The summed E-state index contributed by atoms with van der Waals surface area (Å²) in [5, 5.41) is 47.5. The maximum absolute atomic E-state index is 11.2. The van der Waals surface area contributed by atoms with Crippen LogP contribution in [0.25, 0.3) is 6.08 Å². The number of rotatable bonds is 7. The van der Waals surface area contributed by atoms with Crippen LogP contribution >= 0.6 is 0 Å². The van der Waals surface area contributed by atoms with Crippen molar-refractivity contribution >= 4 is 18.0 Å². The summed E-state index contributed by atoms with van der Waals surface area (Å²) in [5.74, 6) is -2.68. The molecule has 0 radical (unpaired) electrons. The Morgan fingerprint density at radius 2 is 1.57 bits per heavy atom. The Labute approximate surface area is 158 Å². The summed E-state index contributed by atoms with van der Waals surface area (Å²) in [7, 11) is 2.59. The molecule has 5 atom stereocenters. The molecule has 0 aliphatic carbocycles. The van der Waals surface area contributed by atoms with Crippen LogP contribution in [-0.2, 0) is 14.3 Å². The first-order valence-corrected chi connectivity index (χ1v) is 7.95. The van der Waals surface area contributed by atoms with E-state index in [1.165, 1.54) is 32.4 Å². The van der Waals surface area contributed by atoms with Gasteiger partial charge in [-0.2, -0.15) is 0 Å². The molecule has 0 spiro atoms. The van der Waals surface area contributed by atoms with Crippen molar-refractivity contribution in [1.82, 2.24) is 0 Å². The fourth-order valence-electron chi connectivity index (χ4n) is 2.55.